The Balaban J connectivity index is 1.70. The van der Waals surface area contributed by atoms with Crippen LogP contribution in [0.5, 0.6) is 0 Å². The van der Waals surface area contributed by atoms with Gasteiger partial charge in [-0.05, 0) is 18.2 Å². The number of piperidine rings is 1. The summed E-state index contributed by atoms with van der Waals surface area (Å²) in [5, 5.41) is 0. The van der Waals surface area contributed by atoms with Crippen molar-refractivity contribution in [2.75, 3.05) is 20.1 Å². The van der Waals surface area contributed by atoms with E-state index in [1.165, 1.54) is 11.1 Å². The van der Waals surface area contributed by atoms with Crippen molar-refractivity contribution in [3.05, 3.63) is 71.8 Å². The molecule has 2 aliphatic heterocycles. The van der Waals surface area contributed by atoms with Crippen molar-refractivity contribution in [1.82, 2.24) is 4.90 Å². The van der Waals surface area contributed by atoms with E-state index in [2.05, 4.69) is 67.4 Å². The van der Waals surface area contributed by atoms with Gasteiger partial charge in [0.15, 0.2) is 5.79 Å². The Kier molecular flexibility index (Phi) is 4.17. The zero-order valence-corrected chi connectivity index (χ0v) is 14.4. The topological polar surface area (TPSA) is 21.7 Å². The predicted octanol–water partition coefficient (Wildman–Crippen LogP) is 4.18. The second-order valence-corrected chi connectivity index (χ2v) is 7.12. The van der Waals surface area contributed by atoms with Crippen molar-refractivity contribution >= 4 is 0 Å². The summed E-state index contributed by atoms with van der Waals surface area (Å²) >= 11 is 0. The number of rotatable bonds is 2. The molecule has 3 heteroatoms. The Bertz CT molecular complexity index is 625. The summed E-state index contributed by atoms with van der Waals surface area (Å²) in [6.07, 6.45) is 0.802. The van der Waals surface area contributed by atoms with Crippen LogP contribution in [0.1, 0.15) is 36.7 Å². The largest absolute Gasteiger partial charge is 0.338 e. The molecule has 24 heavy (non-hydrogen) atoms. The third kappa shape index (κ3) is 2.77. The molecule has 0 N–H and O–H groups in total. The summed E-state index contributed by atoms with van der Waals surface area (Å²) < 4.78 is 13.3. The van der Waals surface area contributed by atoms with Crippen LogP contribution in [-0.4, -0.2) is 30.8 Å². The quantitative estimate of drug-likeness (QED) is 0.827. The molecule has 2 aromatic rings. The van der Waals surface area contributed by atoms with Gasteiger partial charge in [-0.2, -0.15) is 0 Å². The lowest BCUT2D eigenvalue weighted by molar-refractivity contribution is -0.231. The van der Waals surface area contributed by atoms with Gasteiger partial charge in [-0.1, -0.05) is 67.6 Å². The van der Waals surface area contributed by atoms with E-state index < -0.39 is 5.79 Å². The molecule has 126 valence electrons. The van der Waals surface area contributed by atoms with E-state index in [4.69, 9.17) is 9.47 Å². The van der Waals surface area contributed by atoms with E-state index in [0.29, 0.717) is 5.92 Å². The van der Waals surface area contributed by atoms with Crippen LogP contribution in [0.4, 0.5) is 0 Å². The van der Waals surface area contributed by atoms with Crippen LogP contribution < -0.4 is 0 Å². The minimum Gasteiger partial charge on any atom is -0.338 e. The molecule has 3 atom stereocenters. The van der Waals surface area contributed by atoms with Crippen LogP contribution in [0.15, 0.2) is 60.7 Å². The molecule has 2 saturated heterocycles. The first-order valence-corrected chi connectivity index (χ1v) is 8.82. The Labute approximate surface area is 144 Å². The van der Waals surface area contributed by atoms with E-state index in [0.717, 1.165) is 19.5 Å². The SMILES string of the molecule is CC1CN(C)CCC12OC(c1ccccc1)C(c1ccccc1)O2. The number of likely N-dealkylation sites (tertiary alicyclic amines) is 1. The first-order chi connectivity index (χ1) is 11.7. The normalized spacial score (nSPS) is 33.8. The molecule has 2 aromatic carbocycles. The molecule has 2 aliphatic rings. The Morgan fingerprint density at radius 1 is 0.875 bits per heavy atom. The second kappa shape index (κ2) is 6.32. The standard InChI is InChI=1S/C21H25NO2/c1-16-15-22(2)14-13-21(16)23-19(17-9-5-3-6-10-17)20(24-21)18-11-7-4-8-12-18/h3-12,16,19-20H,13-15H2,1-2H3. The predicted molar refractivity (Wildman–Crippen MR) is 94.5 cm³/mol. The van der Waals surface area contributed by atoms with E-state index in [9.17, 15) is 0 Å². The van der Waals surface area contributed by atoms with Gasteiger partial charge in [0.1, 0.15) is 12.2 Å². The van der Waals surface area contributed by atoms with Crippen molar-refractivity contribution in [3.8, 4) is 0 Å². The molecular formula is C21H25NO2. The average Bonchev–Trinajstić information content (AvgIpc) is 3.01. The fourth-order valence-electron chi connectivity index (χ4n) is 3.99. The Morgan fingerprint density at radius 2 is 1.38 bits per heavy atom. The summed E-state index contributed by atoms with van der Waals surface area (Å²) in [6.45, 7) is 4.25. The molecule has 2 fully saturated rings. The van der Waals surface area contributed by atoms with E-state index >= 15 is 0 Å². The fraction of sp³-hybridized carbons (Fsp3) is 0.429. The van der Waals surface area contributed by atoms with Crippen LogP contribution in [0, 0.1) is 5.92 Å². The second-order valence-electron chi connectivity index (χ2n) is 7.12. The molecule has 4 rings (SSSR count). The van der Waals surface area contributed by atoms with Crippen LogP contribution in [0.2, 0.25) is 0 Å². The molecular weight excluding hydrogens is 298 g/mol. The third-order valence-corrected chi connectivity index (χ3v) is 5.36. The van der Waals surface area contributed by atoms with Gasteiger partial charge in [0, 0.05) is 25.4 Å². The summed E-state index contributed by atoms with van der Waals surface area (Å²) in [4.78, 5) is 2.36. The molecule has 0 aliphatic carbocycles. The summed E-state index contributed by atoms with van der Waals surface area (Å²) in [6, 6.07) is 21.0. The maximum atomic E-state index is 6.65. The highest BCUT2D eigenvalue weighted by Gasteiger charge is 2.53. The van der Waals surface area contributed by atoms with E-state index in [1.54, 1.807) is 0 Å². The molecule has 0 radical (unpaired) electrons. The number of ether oxygens (including phenoxy) is 2. The summed E-state index contributed by atoms with van der Waals surface area (Å²) in [5.41, 5.74) is 2.38. The van der Waals surface area contributed by atoms with Gasteiger partial charge in [0.05, 0.1) is 0 Å². The number of nitrogens with zero attached hydrogens (tertiary/aromatic N) is 1. The van der Waals surface area contributed by atoms with E-state index in [1.807, 2.05) is 12.1 Å². The summed E-state index contributed by atoms with van der Waals surface area (Å²) in [7, 11) is 2.17. The molecule has 0 aromatic heterocycles. The van der Waals surface area contributed by atoms with Crippen LogP contribution in [0.25, 0.3) is 0 Å². The fourth-order valence-corrected chi connectivity index (χ4v) is 3.99. The molecule has 0 amide bonds. The lowest BCUT2D eigenvalue weighted by atomic mass is 9.92. The van der Waals surface area contributed by atoms with Gasteiger partial charge in [-0.15, -0.1) is 0 Å². The van der Waals surface area contributed by atoms with Crippen molar-refractivity contribution in [2.45, 2.75) is 31.3 Å². The molecule has 0 bridgehead atoms. The van der Waals surface area contributed by atoms with Gasteiger partial charge in [-0.3, -0.25) is 0 Å². The number of hydrogen-bond donors (Lipinski definition) is 0. The highest BCUT2D eigenvalue weighted by molar-refractivity contribution is 5.27. The highest BCUT2D eigenvalue weighted by Crippen LogP contribution is 2.52. The molecule has 3 unspecified atom stereocenters. The maximum absolute atomic E-state index is 6.65. The highest BCUT2D eigenvalue weighted by atomic mass is 16.8. The van der Waals surface area contributed by atoms with Gasteiger partial charge >= 0.3 is 0 Å². The number of benzene rings is 2. The first-order valence-electron chi connectivity index (χ1n) is 8.82. The lowest BCUT2D eigenvalue weighted by Gasteiger charge is -2.41. The summed E-state index contributed by atoms with van der Waals surface area (Å²) in [5.74, 6) is -0.135. The number of hydrogen-bond acceptors (Lipinski definition) is 3. The van der Waals surface area contributed by atoms with Gasteiger partial charge < -0.3 is 14.4 Å². The lowest BCUT2D eigenvalue weighted by Crippen LogP contribution is -2.50. The van der Waals surface area contributed by atoms with Crippen molar-refractivity contribution < 1.29 is 9.47 Å². The van der Waals surface area contributed by atoms with Crippen molar-refractivity contribution in [1.29, 1.82) is 0 Å². The zero-order valence-electron chi connectivity index (χ0n) is 14.4. The zero-order chi connectivity index (χ0) is 16.6. The molecule has 3 nitrogen and oxygen atoms in total. The Hall–Kier alpha value is -1.68. The molecule has 2 heterocycles. The first kappa shape index (κ1) is 15.8. The average molecular weight is 323 g/mol. The van der Waals surface area contributed by atoms with Crippen LogP contribution in [-0.2, 0) is 9.47 Å². The van der Waals surface area contributed by atoms with Gasteiger partial charge in [0.25, 0.3) is 0 Å². The Morgan fingerprint density at radius 3 is 1.83 bits per heavy atom. The molecule has 1 spiro atoms. The van der Waals surface area contributed by atoms with Crippen molar-refractivity contribution in [2.24, 2.45) is 5.92 Å². The van der Waals surface area contributed by atoms with E-state index in [-0.39, 0.29) is 12.2 Å². The van der Waals surface area contributed by atoms with Crippen LogP contribution >= 0.6 is 0 Å². The third-order valence-electron chi connectivity index (χ3n) is 5.36. The minimum absolute atomic E-state index is 0.0561. The van der Waals surface area contributed by atoms with Crippen molar-refractivity contribution in [3.63, 3.8) is 0 Å². The van der Waals surface area contributed by atoms with Gasteiger partial charge in [0.2, 0.25) is 0 Å². The molecule has 0 saturated carbocycles. The monoisotopic (exact) mass is 323 g/mol. The van der Waals surface area contributed by atoms with Crippen LogP contribution in [0.3, 0.4) is 0 Å². The van der Waals surface area contributed by atoms with Gasteiger partial charge in [-0.25, -0.2) is 0 Å². The minimum atomic E-state index is -0.479. The smallest absolute Gasteiger partial charge is 0.175 e. The maximum Gasteiger partial charge on any atom is 0.175 e.